The Bertz CT molecular complexity index is 364. The van der Waals surface area contributed by atoms with Gasteiger partial charge >= 0.3 is 5.97 Å². The van der Waals surface area contributed by atoms with Crippen molar-refractivity contribution in [1.82, 2.24) is 0 Å². The van der Waals surface area contributed by atoms with Gasteiger partial charge in [0.25, 0.3) is 0 Å². The summed E-state index contributed by atoms with van der Waals surface area (Å²) < 4.78 is 5.10. The highest BCUT2D eigenvalue weighted by Gasteiger charge is 2.15. The summed E-state index contributed by atoms with van der Waals surface area (Å²) in [5.41, 5.74) is 2.01. The van der Waals surface area contributed by atoms with Crippen molar-refractivity contribution in [3.05, 3.63) is 29.3 Å². The minimum Gasteiger partial charge on any atom is -0.426 e. The molecule has 0 saturated carbocycles. The molecule has 15 heavy (non-hydrogen) atoms. The fourth-order valence-corrected chi connectivity index (χ4v) is 2.73. The highest BCUT2D eigenvalue weighted by Crippen LogP contribution is 2.39. The van der Waals surface area contributed by atoms with Gasteiger partial charge in [0, 0.05) is 17.8 Å². The van der Waals surface area contributed by atoms with Crippen LogP contribution in [0.5, 0.6) is 5.75 Å². The molecule has 1 aromatic rings. The van der Waals surface area contributed by atoms with Crippen molar-refractivity contribution in [2.24, 2.45) is 0 Å². The molecule has 0 unspecified atom stereocenters. The Hall–Kier alpha value is 0.130. The molecular formula is C10H9Br3O2. The minimum absolute atomic E-state index is 0.0342. The second kappa shape index (κ2) is 6.01. The van der Waals surface area contributed by atoms with Crippen LogP contribution in [0.25, 0.3) is 0 Å². The van der Waals surface area contributed by atoms with Crippen molar-refractivity contribution in [3.63, 3.8) is 0 Å². The Balaban J connectivity index is 3.19. The molecule has 0 aromatic heterocycles. The Morgan fingerprint density at radius 2 is 2.13 bits per heavy atom. The van der Waals surface area contributed by atoms with Gasteiger partial charge in [0.2, 0.25) is 0 Å². The van der Waals surface area contributed by atoms with Crippen LogP contribution in [0.15, 0.2) is 18.2 Å². The molecule has 2 nitrogen and oxygen atoms in total. The predicted octanol–water partition coefficient (Wildman–Crippen LogP) is 4.30. The number of halogens is 3. The van der Waals surface area contributed by atoms with E-state index in [1.54, 1.807) is 6.07 Å². The summed E-state index contributed by atoms with van der Waals surface area (Å²) in [7, 11) is 0. The Morgan fingerprint density at radius 1 is 1.47 bits per heavy atom. The number of rotatable bonds is 3. The zero-order valence-corrected chi connectivity index (χ0v) is 12.7. The lowest BCUT2D eigenvalue weighted by atomic mass is 10.1. The molecule has 0 aliphatic rings. The van der Waals surface area contributed by atoms with Crippen molar-refractivity contribution in [2.75, 3.05) is 0 Å². The SMILES string of the molecule is CC(=O)Oc1cccc(CBr)c1C(Br)Br. The fourth-order valence-electron chi connectivity index (χ4n) is 1.20. The number of esters is 1. The van der Waals surface area contributed by atoms with E-state index in [1.165, 1.54) is 6.92 Å². The monoisotopic (exact) mass is 398 g/mol. The fraction of sp³-hybridized carbons (Fsp3) is 0.300. The zero-order chi connectivity index (χ0) is 11.4. The largest absolute Gasteiger partial charge is 0.426 e. The van der Waals surface area contributed by atoms with Gasteiger partial charge in [0.05, 0.1) is 3.74 Å². The molecule has 0 spiro atoms. The third kappa shape index (κ3) is 3.57. The molecule has 0 saturated heterocycles. The number of alkyl halides is 3. The number of ether oxygens (including phenoxy) is 1. The van der Waals surface area contributed by atoms with Gasteiger partial charge < -0.3 is 4.74 Å². The van der Waals surface area contributed by atoms with Gasteiger partial charge in [-0.25, -0.2) is 0 Å². The molecule has 1 aromatic carbocycles. The van der Waals surface area contributed by atoms with Crippen LogP contribution in [0.1, 0.15) is 21.8 Å². The summed E-state index contributed by atoms with van der Waals surface area (Å²) in [5.74, 6) is 0.266. The summed E-state index contributed by atoms with van der Waals surface area (Å²) >= 11 is 10.2. The van der Waals surface area contributed by atoms with Crippen LogP contribution in [0.3, 0.4) is 0 Å². The van der Waals surface area contributed by atoms with E-state index in [1.807, 2.05) is 12.1 Å². The summed E-state index contributed by atoms with van der Waals surface area (Å²) in [6.07, 6.45) is 0. The third-order valence-corrected chi connectivity index (χ3v) is 3.29. The summed E-state index contributed by atoms with van der Waals surface area (Å²) in [6, 6.07) is 5.62. The quantitative estimate of drug-likeness (QED) is 0.429. The second-order valence-corrected chi connectivity index (χ2v) is 6.48. The third-order valence-electron chi connectivity index (χ3n) is 1.77. The highest BCUT2D eigenvalue weighted by atomic mass is 79.9. The number of carbonyl (C=O) groups excluding carboxylic acids is 1. The van der Waals surface area contributed by atoms with E-state index < -0.39 is 0 Å². The summed E-state index contributed by atoms with van der Waals surface area (Å²) in [6.45, 7) is 1.39. The van der Waals surface area contributed by atoms with E-state index in [0.29, 0.717) is 11.1 Å². The lowest BCUT2D eigenvalue weighted by Gasteiger charge is -2.13. The van der Waals surface area contributed by atoms with Crippen LogP contribution in [0.4, 0.5) is 0 Å². The van der Waals surface area contributed by atoms with Crippen LogP contribution in [-0.4, -0.2) is 5.97 Å². The maximum absolute atomic E-state index is 10.9. The highest BCUT2D eigenvalue weighted by molar-refractivity contribution is 9.24. The maximum Gasteiger partial charge on any atom is 0.308 e. The van der Waals surface area contributed by atoms with Gasteiger partial charge in [-0.1, -0.05) is 59.9 Å². The van der Waals surface area contributed by atoms with Gasteiger partial charge in [-0.15, -0.1) is 0 Å². The first-order chi connectivity index (χ1) is 7.06. The first-order valence-corrected chi connectivity index (χ1v) is 7.16. The van der Waals surface area contributed by atoms with Gasteiger partial charge in [0.15, 0.2) is 0 Å². The van der Waals surface area contributed by atoms with Gasteiger partial charge in [-0.3, -0.25) is 4.79 Å². The van der Waals surface area contributed by atoms with Crippen molar-refractivity contribution >= 4 is 53.8 Å². The molecule has 0 amide bonds. The van der Waals surface area contributed by atoms with Crippen molar-refractivity contribution in [2.45, 2.75) is 16.0 Å². The van der Waals surface area contributed by atoms with E-state index >= 15 is 0 Å². The van der Waals surface area contributed by atoms with E-state index in [-0.39, 0.29) is 9.71 Å². The number of hydrogen-bond acceptors (Lipinski definition) is 2. The number of benzene rings is 1. The molecule has 5 heteroatoms. The standard InChI is InChI=1S/C10H9Br3O2/c1-6(14)15-8-4-2-3-7(5-11)9(8)10(12)13/h2-4,10H,5H2,1H3. The van der Waals surface area contributed by atoms with Gasteiger partial charge in [-0.2, -0.15) is 0 Å². The molecule has 0 fully saturated rings. The molecular weight excluding hydrogens is 392 g/mol. The topological polar surface area (TPSA) is 26.3 Å². The van der Waals surface area contributed by atoms with Gasteiger partial charge in [0.1, 0.15) is 5.75 Å². The number of hydrogen-bond donors (Lipinski definition) is 0. The summed E-state index contributed by atoms with van der Waals surface area (Å²) in [5, 5.41) is 0.713. The molecule has 82 valence electrons. The van der Waals surface area contributed by atoms with Crippen LogP contribution in [0.2, 0.25) is 0 Å². The van der Waals surface area contributed by atoms with Crippen LogP contribution in [-0.2, 0) is 10.1 Å². The smallest absolute Gasteiger partial charge is 0.308 e. The lowest BCUT2D eigenvalue weighted by Crippen LogP contribution is -2.05. The van der Waals surface area contributed by atoms with E-state index in [9.17, 15) is 4.79 Å². The van der Waals surface area contributed by atoms with Crippen LogP contribution < -0.4 is 4.74 Å². The average molecular weight is 401 g/mol. The molecule has 0 aliphatic heterocycles. The molecule has 0 radical (unpaired) electrons. The van der Waals surface area contributed by atoms with E-state index in [0.717, 1.165) is 11.1 Å². The molecule has 0 bridgehead atoms. The van der Waals surface area contributed by atoms with Gasteiger partial charge in [-0.05, 0) is 11.6 Å². The van der Waals surface area contributed by atoms with Crippen molar-refractivity contribution < 1.29 is 9.53 Å². The summed E-state index contributed by atoms with van der Waals surface area (Å²) in [4.78, 5) is 10.9. The number of carbonyl (C=O) groups is 1. The average Bonchev–Trinajstić information content (AvgIpc) is 2.15. The Kier molecular flexibility index (Phi) is 5.29. The molecule has 0 atom stereocenters. The second-order valence-electron chi connectivity index (χ2n) is 2.86. The normalized spacial score (nSPS) is 10.5. The van der Waals surface area contributed by atoms with Crippen molar-refractivity contribution in [3.8, 4) is 5.75 Å². The Labute approximate surface area is 114 Å². The first kappa shape index (κ1) is 13.2. The zero-order valence-electron chi connectivity index (χ0n) is 7.97. The molecule has 0 aliphatic carbocycles. The first-order valence-electron chi connectivity index (χ1n) is 4.20. The van der Waals surface area contributed by atoms with Crippen molar-refractivity contribution in [1.29, 1.82) is 0 Å². The predicted molar refractivity (Wildman–Crippen MR) is 71.0 cm³/mol. The molecule has 1 rings (SSSR count). The lowest BCUT2D eigenvalue weighted by molar-refractivity contribution is -0.131. The van der Waals surface area contributed by atoms with Crippen LogP contribution >= 0.6 is 47.8 Å². The van der Waals surface area contributed by atoms with E-state index in [2.05, 4.69) is 47.8 Å². The minimum atomic E-state index is -0.316. The molecule has 0 N–H and O–H groups in total. The maximum atomic E-state index is 10.9. The van der Waals surface area contributed by atoms with Crippen LogP contribution in [0, 0.1) is 0 Å². The molecule has 0 heterocycles. The van der Waals surface area contributed by atoms with E-state index in [4.69, 9.17) is 4.74 Å². The Morgan fingerprint density at radius 3 is 2.60 bits per heavy atom.